The first-order chi connectivity index (χ1) is 8.36. The number of carbonyl (C=O) groups is 1. The number of hydrogen-bond acceptors (Lipinski definition) is 2. The van der Waals surface area contributed by atoms with Crippen molar-refractivity contribution in [3.05, 3.63) is 21.9 Å². The van der Waals surface area contributed by atoms with Gasteiger partial charge in [0, 0.05) is 0 Å². The molecule has 1 rings (SSSR count). The molecule has 0 radical (unpaired) electrons. The third kappa shape index (κ3) is 6.62. The first kappa shape index (κ1) is 14.4. The van der Waals surface area contributed by atoms with Gasteiger partial charge >= 0.3 is 0 Å². The first-order valence-electron chi connectivity index (χ1n) is 6.89. The minimum atomic E-state index is 0.861. The predicted octanol–water partition coefficient (Wildman–Crippen LogP) is 5.24. The van der Waals surface area contributed by atoms with Crippen LogP contribution in [0.5, 0.6) is 0 Å². The zero-order valence-corrected chi connectivity index (χ0v) is 11.7. The Bertz CT molecular complexity index is 304. The molecule has 0 saturated carbocycles. The van der Waals surface area contributed by atoms with E-state index in [1.165, 1.54) is 56.9 Å². The lowest BCUT2D eigenvalue weighted by Gasteiger charge is -2.00. The standard InChI is InChI=1S/C15H24OS/c1-2-3-4-5-6-7-8-9-10-14-11-15(12-16)17-13-14/h11-13H,2-10H2,1H3. The van der Waals surface area contributed by atoms with Gasteiger partial charge in [-0.05, 0) is 29.9 Å². The second-order valence-electron chi connectivity index (χ2n) is 4.70. The van der Waals surface area contributed by atoms with E-state index in [2.05, 4.69) is 12.3 Å². The van der Waals surface area contributed by atoms with Crippen LogP contribution in [0.15, 0.2) is 11.4 Å². The summed E-state index contributed by atoms with van der Waals surface area (Å²) in [6.07, 6.45) is 13.0. The van der Waals surface area contributed by atoms with Gasteiger partial charge in [0.25, 0.3) is 0 Å². The van der Waals surface area contributed by atoms with E-state index >= 15 is 0 Å². The van der Waals surface area contributed by atoms with E-state index < -0.39 is 0 Å². The second-order valence-corrected chi connectivity index (χ2v) is 5.64. The molecular weight excluding hydrogens is 228 g/mol. The maximum Gasteiger partial charge on any atom is 0.160 e. The van der Waals surface area contributed by atoms with Gasteiger partial charge in [-0.3, -0.25) is 4.79 Å². The molecule has 1 heterocycles. The van der Waals surface area contributed by atoms with Crippen LogP contribution in [0.2, 0.25) is 0 Å². The third-order valence-electron chi connectivity index (χ3n) is 3.11. The first-order valence-corrected chi connectivity index (χ1v) is 7.77. The molecule has 0 amide bonds. The van der Waals surface area contributed by atoms with Gasteiger partial charge in [0.05, 0.1) is 4.88 Å². The maximum atomic E-state index is 10.5. The molecule has 0 atom stereocenters. The Morgan fingerprint density at radius 2 is 1.71 bits per heavy atom. The fourth-order valence-electron chi connectivity index (χ4n) is 2.05. The molecular formula is C15H24OS. The smallest absolute Gasteiger partial charge is 0.160 e. The minimum Gasteiger partial charge on any atom is -0.297 e. The Hall–Kier alpha value is -0.630. The summed E-state index contributed by atoms with van der Waals surface area (Å²) in [6, 6.07) is 2.03. The Kier molecular flexibility index (Phi) is 7.98. The zero-order chi connectivity index (χ0) is 12.3. The molecule has 0 spiro atoms. The molecule has 0 saturated heterocycles. The predicted molar refractivity (Wildman–Crippen MR) is 76.0 cm³/mol. The molecule has 0 aliphatic rings. The van der Waals surface area contributed by atoms with Gasteiger partial charge in [0.1, 0.15) is 0 Å². The molecule has 0 unspecified atom stereocenters. The monoisotopic (exact) mass is 252 g/mol. The van der Waals surface area contributed by atoms with Crippen LogP contribution in [-0.4, -0.2) is 6.29 Å². The maximum absolute atomic E-state index is 10.5. The minimum absolute atomic E-state index is 0.861. The third-order valence-corrected chi connectivity index (χ3v) is 4.02. The van der Waals surface area contributed by atoms with Crippen LogP contribution in [0.3, 0.4) is 0 Å². The fourth-order valence-corrected chi connectivity index (χ4v) is 2.80. The Balaban J connectivity index is 1.95. The summed E-state index contributed by atoms with van der Waals surface area (Å²) in [5, 5.41) is 2.12. The average Bonchev–Trinajstić information content (AvgIpc) is 2.80. The molecule has 2 heteroatoms. The van der Waals surface area contributed by atoms with Crippen molar-refractivity contribution in [1.29, 1.82) is 0 Å². The molecule has 0 aliphatic carbocycles. The van der Waals surface area contributed by atoms with Crippen LogP contribution in [0, 0.1) is 0 Å². The van der Waals surface area contributed by atoms with E-state index in [1.807, 2.05) is 6.07 Å². The Labute approximate surface area is 109 Å². The van der Waals surface area contributed by atoms with E-state index in [1.54, 1.807) is 11.3 Å². The molecule has 0 aliphatic heterocycles. The Morgan fingerprint density at radius 3 is 2.29 bits per heavy atom. The topological polar surface area (TPSA) is 17.1 Å². The van der Waals surface area contributed by atoms with Gasteiger partial charge in [-0.2, -0.15) is 0 Å². The normalized spacial score (nSPS) is 10.6. The molecule has 1 nitrogen and oxygen atoms in total. The highest BCUT2D eigenvalue weighted by Gasteiger charge is 1.98. The number of unbranched alkanes of at least 4 members (excludes halogenated alkanes) is 7. The van der Waals surface area contributed by atoms with Gasteiger partial charge in [-0.1, -0.05) is 51.9 Å². The molecule has 1 aromatic rings. The van der Waals surface area contributed by atoms with Crippen molar-refractivity contribution in [1.82, 2.24) is 0 Å². The summed E-state index contributed by atoms with van der Waals surface area (Å²) in [5.41, 5.74) is 1.34. The molecule has 0 N–H and O–H groups in total. The van der Waals surface area contributed by atoms with E-state index in [0.717, 1.165) is 17.6 Å². The highest BCUT2D eigenvalue weighted by Crippen LogP contribution is 2.16. The van der Waals surface area contributed by atoms with Crippen molar-refractivity contribution in [2.75, 3.05) is 0 Å². The van der Waals surface area contributed by atoms with Gasteiger partial charge in [0.2, 0.25) is 0 Å². The zero-order valence-electron chi connectivity index (χ0n) is 10.9. The van der Waals surface area contributed by atoms with Crippen LogP contribution in [0.1, 0.15) is 73.5 Å². The molecule has 96 valence electrons. The average molecular weight is 252 g/mol. The van der Waals surface area contributed by atoms with Gasteiger partial charge in [0.15, 0.2) is 6.29 Å². The number of carbonyl (C=O) groups excluding carboxylic acids is 1. The summed E-state index contributed by atoms with van der Waals surface area (Å²) in [7, 11) is 0. The number of hydrogen-bond donors (Lipinski definition) is 0. The fraction of sp³-hybridized carbons (Fsp3) is 0.667. The van der Waals surface area contributed by atoms with Crippen molar-refractivity contribution in [3.8, 4) is 0 Å². The van der Waals surface area contributed by atoms with Crippen molar-refractivity contribution >= 4 is 17.6 Å². The summed E-state index contributed by atoms with van der Waals surface area (Å²) >= 11 is 1.56. The lowest BCUT2D eigenvalue weighted by atomic mass is 10.1. The molecule has 0 aromatic carbocycles. The molecule has 17 heavy (non-hydrogen) atoms. The lowest BCUT2D eigenvalue weighted by molar-refractivity contribution is 0.112. The quantitative estimate of drug-likeness (QED) is 0.411. The summed E-state index contributed by atoms with van der Waals surface area (Å²) < 4.78 is 0. The van der Waals surface area contributed by atoms with E-state index in [9.17, 15) is 4.79 Å². The van der Waals surface area contributed by atoms with Gasteiger partial charge in [-0.25, -0.2) is 0 Å². The van der Waals surface area contributed by atoms with Gasteiger partial charge in [-0.15, -0.1) is 11.3 Å². The largest absolute Gasteiger partial charge is 0.297 e. The summed E-state index contributed by atoms with van der Waals surface area (Å²) in [6.45, 7) is 2.26. The van der Waals surface area contributed by atoms with Crippen LogP contribution >= 0.6 is 11.3 Å². The summed E-state index contributed by atoms with van der Waals surface area (Å²) in [5.74, 6) is 0. The SMILES string of the molecule is CCCCCCCCCCc1csc(C=O)c1. The van der Waals surface area contributed by atoms with Crippen LogP contribution < -0.4 is 0 Å². The van der Waals surface area contributed by atoms with Crippen molar-refractivity contribution in [2.45, 2.75) is 64.7 Å². The van der Waals surface area contributed by atoms with Gasteiger partial charge < -0.3 is 0 Å². The number of rotatable bonds is 10. The molecule has 0 fully saturated rings. The van der Waals surface area contributed by atoms with Crippen molar-refractivity contribution in [3.63, 3.8) is 0 Å². The van der Waals surface area contributed by atoms with Crippen molar-refractivity contribution < 1.29 is 4.79 Å². The molecule has 0 bridgehead atoms. The van der Waals surface area contributed by atoms with Crippen LogP contribution in [0.4, 0.5) is 0 Å². The number of aldehydes is 1. The van der Waals surface area contributed by atoms with E-state index in [4.69, 9.17) is 0 Å². The number of thiophene rings is 1. The van der Waals surface area contributed by atoms with Crippen LogP contribution in [-0.2, 0) is 6.42 Å². The lowest BCUT2D eigenvalue weighted by Crippen LogP contribution is -1.84. The highest BCUT2D eigenvalue weighted by atomic mass is 32.1. The second kappa shape index (κ2) is 9.41. The van der Waals surface area contributed by atoms with E-state index in [0.29, 0.717) is 0 Å². The summed E-state index contributed by atoms with van der Waals surface area (Å²) in [4.78, 5) is 11.4. The Morgan fingerprint density at radius 1 is 1.06 bits per heavy atom. The van der Waals surface area contributed by atoms with E-state index in [-0.39, 0.29) is 0 Å². The molecule has 1 aromatic heterocycles. The van der Waals surface area contributed by atoms with Crippen molar-refractivity contribution in [2.24, 2.45) is 0 Å². The van der Waals surface area contributed by atoms with Crippen LogP contribution in [0.25, 0.3) is 0 Å². The highest BCUT2D eigenvalue weighted by molar-refractivity contribution is 7.11. The number of aryl methyl sites for hydroxylation is 1.